The van der Waals surface area contributed by atoms with Gasteiger partial charge in [-0.2, -0.15) is 0 Å². The van der Waals surface area contributed by atoms with Gasteiger partial charge in [0.25, 0.3) is 0 Å². The second kappa shape index (κ2) is 9.70. The monoisotopic (exact) mass is 397 g/mol. The Morgan fingerprint density at radius 1 is 1.16 bits per heavy atom. The van der Waals surface area contributed by atoms with Gasteiger partial charge in [-0.1, -0.05) is 35.3 Å². The fraction of sp³-hybridized carbons (Fsp3) is 0.222. The molecule has 0 aliphatic rings. The van der Waals surface area contributed by atoms with Crippen molar-refractivity contribution in [3.8, 4) is 0 Å². The number of rotatable bonds is 7. The van der Waals surface area contributed by atoms with E-state index in [0.717, 1.165) is 5.56 Å². The standard InChI is InChI=1S/C18H17Cl2NO3S/c1-2-24-18(23)12-4-3-5-15(8-12)21-17(22)11-25-10-13-6-7-14(19)9-16(13)20/h3-9H,2,10-11H2,1H3,(H,21,22). The van der Waals surface area contributed by atoms with Crippen molar-refractivity contribution in [1.82, 2.24) is 0 Å². The molecule has 2 aromatic rings. The summed E-state index contributed by atoms with van der Waals surface area (Å²) in [4.78, 5) is 23.8. The molecule has 25 heavy (non-hydrogen) atoms. The number of nitrogens with one attached hydrogen (secondary N) is 1. The summed E-state index contributed by atoms with van der Waals surface area (Å²) in [6.45, 7) is 2.05. The minimum Gasteiger partial charge on any atom is -0.462 e. The van der Waals surface area contributed by atoms with Crippen LogP contribution < -0.4 is 5.32 Å². The maximum Gasteiger partial charge on any atom is 0.338 e. The molecule has 0 saturated carbocycles. The van der Waals surface area contributed by atoms with Gasteiger partial charge in [-0.15, -0.1) is 11.8 Å². The summed E-state index contributed by atoms with van der Waals surface area (Å²) in [7, 11) is 0. The molecule has 2 aromatic carbocycles. The van der Waals surface area contributed by atoms with Crippen molar-refractivity contribution >= 4 is 52.5 Å². The van der Waals surface area contributed by atoms with Crippen LogP contribution in [0.2, 0.25) is 10.0 Å². The molecule has 132 valence electrons. The molecular weight excluding hydrogens is 381 g/mol. The fourth-order valence-electron chi connectivity index (χ4n) is 2.03. The molecule has 7 heteroatoms. The first-order valence-electron chi connectivity index (χ1n) is 7.58. The Morgan fingerprint density at radius 2 is 1.96 bits per heavy atom. The number of benzene rings is 2. The summed E-state index contributed by atoms with van der Waals surface area (Å²) in [5.74, 6) is 0.302. The van der Waals surface area contributed by atoms with Crippen LogP contribution in [0.4, 0.5) is 5.69 Å². The summed E-state index contributed by atoms with van der Waals surface area (Å²) in [6, 6.07) is 12.0. The number of esters is 1. The highest BCUT2D eigenvalue weighted by molar-refractivity contribution is 7.99. The lowest BCUT2D eigenvalue weighted by molar-refractivity contribution is -0.113. The fourth-order valence-corrected chi connectivity index (χ4v) is 3.41. The van der Waals surface area contributed by atoms with Crippen LogP contribution >= 0.6 is 35.0 Å². The third kappa shape index (κ3) is 6.27. The largest absolute Gasteiger partial charge is 0.462 e. The Balaban J connectivity index is 1.86. The molecule has 1 N–H and O–H groups in total. The lowest BCUT2D eigenvalue weighted by Gasteiger charge is -2.08. The molecule has 0 bridgehead atoms. The Labute approximate surface area is 160 Å². The van der Waals surface area contributed by atoms with Crippen molar-refractivity contribution < 1.29 is 14.3 Å². The number of carbonyl (C=O) groups excluding carboxylic acids is 2. The van der Waals surface area contributed by atoms with E-state index < -0.39 is 5.97 Å². The molecule has 0 radical (unpaired) electrons. The van der Waals surface area contributed by atoms with E-state index in [1.807, 2.05) is 6.07 Å². The van der Waals surface area contributed by atoms with Crippen molar-refractivity contribution in [1.29, 1.82) is 0 Å². The number of hydrogen-bond acceptors (Lipinski definition) is 4. The molecule has 0 spiro atoms. The third-order valence-electron chi connectivity index (χ3n) is 3.16. The Morgan fingerprint density at radius 3 is 2.68 bits per heavy atom. The minimum absolute atomic E-state index is 0.156. The van der Waals surface area contributed by atoms with Gasteiger partial charge in [0.15, 0.2) is 0 Å². The predicted molar refractivity (Wildman–Crippen MR) is 104 cm³/mol. The Hall–Kier alpha value is -1.69. The van der Waals surface area contributed by atoms with Gasteiger partial charge < -0.3 is 10.1 Å². The normalized spacial score (nSPS) is 10.4. The van der Waals surface area contributed by atoms with E-state index >= 15 is 0 Å². The number of carbonyl (C=O) groups is 2. The van der Waals surface area contributed by atoms with E-state index in [1.165, 1.54) is 11.8 Å². The quantitative estimate of drug-likeness (QED) is 0.664. The molecule has 0 fully saturated rings. The molecule has 0 aliphatic heterocycles. The van der Waals surface area contributed by atoms with E-state index in [4.69, 9.17) is 27.9 Å². The number of hydrogen-bond donors (Lipinski definition) is 1. The average Bonchev–Trinajstić information content (AvgIpc) is 2.57. The molecule has 0 saturated heterocycles. The molecule has 1 amide bonds. The second-order valence-electron chi connectivity index (χ2n) is 5.08. The van der Waals surface area contributed by atoms with Gasteiger partial charge in [-0.3, -0.25) is 4.79 Å². The minimum atomic E-state index is -0.412. The van der Waals surface area contributed by atoms with E-state index in [1.54, 1.807) is 43.3 Å². The van der Waals surface area contributed by atoms with Gasteiger partial charge in [0.2, 0.25) is 5.91 Å². The first kappa shape index (κ1) is 19.6. The first-order valence-corrected chi connectivity index (χ1v) is 9.49. The molecule has 4 nitrogen and oxygen atoms in total. The lowest BCUT2D eigenvalue weighted by atomic mass is 10.2. The summed E-state index contributed by atoms with van der Waals surface area (Å²) in [5.41, 5.74) is 1.88. The van der Waals surface area contributed by atoms with E-state index in [0.29, 0.717) is 33.7 Å². The highest BCUT2D eigenvalue weighted by Gasteiger charge is 2.09. The SMILES string of the molecule is CCOC(=O)c1cccc(NC(=O)CSCc2ccc(Cl)cc2Cl)c1. The third-order valence-corrected chi connectivity index (χ3v) is 4.73. The van der Waals surface area contributed by atoms with Crippen LogP contribution in [0.1, 0.15) is 22.8 Å². The number of anilines is 1. The average molecular weight is 398 g/mol. The van der Waals surface area contributed by atoms with Gasteiger partial charge in [0, 0.05) is 21.5 Å². The predicted octanol–water partition coefficient (Wildman–Crippen LogP) is 5.04. The molecule has 0 heterocycles. The number of halogens is 2. The Kier molecular flexibility index (Phi) is 7.62. The highest BCUT2D eigenvalue weighted by Crippen LogP contribution is 2.24. The van der Waals surface area contributed by atoms with Crippen molar-refractivity contribution in [2.75, 3.05) is 17.7 Å². The van der Waals surface area contributed by atoms with Crippen LogP contribution in [0.3, 0.4) is 0 Å². The maximum atomic E-state index is 12.0. The summed E-state index contributed by atoms with van der Waals surface area (Å²) in [5, 5.41) is 3.93. The van der Waals surface area contributed by atoms with Crippen molar-refractivity contribution in [2.24, 2.45) is 0 Å². The van der Waals surface area contributed by atoms with Crippen LogP contribution in [0.15, 0.2) is 42.5 Å². The molecule has 0 unspecified atom stereocenters. The van der Waals surface area contributed by atoms with Gasteiger partial charge >= 0.3 is 5.97 Å². The van der Waals surface area contributed by atoms with Gasteiger partial charge in [0.05, 0.1) is 17.9 Å². The molecule has 0 atom stereocenters. The van der Waals surface area contributed by atoms with Crippen LogP contribution in [-0.2, 0) is 15.3 Å². The molecule has 2 rings (SSSR count). The van der Waals surface area contributed by atoms with Crippen LogP contribution in [-0.4, -0.2) is 24.2 Å². The zero-order chi connectivity index (χ0) is 18.2. The highest BCUT2D eigenvalue weighted by atomic mass is 35.5. The summed E-state index contributed by atoms with van der Waals surface area (Å²) < 4.78 is 4.94. The topological polar surface area (TPSA) is 55.4 Å². The molecule has 0 aromatic heterocycles. The number of ether oxygens (including phenoxy) is 1. The zero-order valence-corrected chi connectivity index (χ0v) is 15.9. The van der Waals surface area contributed by atoms with Crippen LogP contribution in [0.25, 0.3) is 0 Å². The van der Waals surface area contributed by atoms with Gasteiger partial charge in [-0.25, -0.2) is 4.79 Å². The van der Waals surface area contributed by atoms with E-state index in [9.17, 15) is 9.59 Å². The van der Waals surface area contributed by atoms with Gasteiger partial charge in [-0.05, 0) is 42.8 Å². The van der Waals surface area contributed by atoms with Crippen LogP contribution in [0.5, 0.6) is 0 Å². The van der Waals surface area contributed by atoms with Crippen molar-refractivity contribution in [2.45, 2.75) is 12.7 Å². The lowest BCUT2D eigenvalue weighted by Crippen LogP contribution is -2.15. The smallest absolute Gasteiger partial charge is 0.338 e. The number of thioether (sulfide) groups is 1. The van der Waals surface area contributed by atoms with Gasteiger partial charge in [0.1, 0.15) is 0 Å². The summed E-state index contributed by atoms with van der Waals surface area (Å²) >= 11 is 13.4. The van der Waals surface area contributed by atoms with Crippen molar-refractivity contribution in [3.63, 3.8) is 0 Å². The maximum absolute atomic E-state index is 12.0. The second-order valence-corrected chi connectivity index (χ2v) is 6.91. The van der Waals surface area contributed by atoms with E-state index in [2.05, 4.69) is 5.32 Å². The number of amides is 1. The zero-order valence-electron chi connectivity index (χ0n) is 13.6. The first-order chi connectivity index (χ1) is 12.0. The summed E-state index contributed by atoms with van der Waals surface area (Å²) in [6.07, 6.45) is 0. The molecular formula is C18H17Cl2NO3S. The van der Waals surface area contributed by atoms with E-state index in [-0.39, 0.29) is 11.7 Å². The molecule has 0 aliphatic carbocycles. The van der Waals surface area contributed by atoms with Crippen molar-refractivity contribution in [3.05, 3.63) is 63.6 Å². The van der Waals surface area contributed by atoms with Crippen LogP contribution in [0, 0.1) is 0 Å². The Bertz CT molecular complexity index is 768.